The normalized spacial score (nSPS) is 16.2. The molecule has 0 radical (unpaired) electrons. The van der Waals surface area contributed by atoms with Gasteiger partial charge in [-0.25, -0.2) is 9.89 Å². The first-order valence-corrected chi connectivity index (χ1v) is 14.3. The zero-order valence-corrected chi connectivity index (χ0v) is 24.0. The molecule has 0 spiro atoms. The van der Waals surface area contributed by atoms with Gasteiger partial charge in [-0.05, 0) is 60.5 Å². The van der Waals surface area contributed by atoms with Crippen LogP contribution in [-0.2, 0) is 20.9 Å². The van der Waals surface area contributed by atoms with Crippen LogP contribution < -0.4 is 15.4 Å². The maximum absolute atomic E-state index is 13.6. The van der Waals surface area contributed by atoms with Crippen molar-refractivity contribution in [3.63, 3.8) is 0 Å². The van der Waals surface area contributed by atoms with Crippen LogP contribution in [0.25, 0.3) is 0 Å². The fraction of sp³-hybridized carbons (Fsp3) is 0.233. The van der Waals surface area contributed by atoms with Crippen molar-refractivity contribution < 1.29 is 19.1 Å². The molecule has 3 amide bonds. The van der Waals surface area contributed by atoms with Crippen molar-refractivity contribution in [2.24, 2.45) is 9.98 Å². The number of aliphatic imine (C=N–C) groups is 2. The van der Waals surface area contributed by atoms with Crippen LogP contribution in [0.2, 0.25) is 5.02 Å². The van der Waals surface area contributed by atoms with E-state index in [1.165, 1.54) is 16.7 Å². The van der Waals surface area contributed by atoms with Gasteiger partial charge in [0.1, 0.15) is 17.6 Å². The molecule has 210 valence electrons. The Balaban J connectivity index is 1.31. The van der Waals surface area contributed by atoms with E-state index in [1.807, 2.05) is 55.5 Å². The third-order valence-electron chi connectivity index (χ3n) is 6.60. The van der Waals surface area contributed by atoms with Crippen molar-refractivity contribution in [3.05, 3.63) is 88.9 Å². The van der Waals surface area contributed by atoms with Gasteiger partial charge in [-0.1, -0.05) is 54.6 Å². The van der Waals surface area contributed by atoms with Gasteiger partial charge in [-0.15, -0.1) is 0 Å². The molecule has 0 bridgehead atoms. The third-order valence-corrected chi connectivity index (χ3v) is 8.17. The summed E-state index contributed by atoms with van der Waals surface area (Å²) in [4.78, 5) is 50.4. The highest BCUT2D eigenvalue weighted by molar-refractivity contribution is 8.15. The molecule has 3 aromatic carbocycles. The lowest BCUT2D eigenvalue weighted by atomic mass is 10.1. The van der Waals surface area contributed by atoms with Crippen molar-refractivity contribution in [1.82, 2.24) is 10.2 Å². The van der Waals surface area contributed by atoms with Crippen molar-refractivity contribution in [2.45, 2.75) is 37.6 Å². The lowest BCUT2D eigenvalue weighted by molar-refractivity contribution is -0.128. The van der Waals surface area contributed by atoms with Gasteiger partial charge in [0.2, 0.25) is 11.8 Å². The molecular weight excluding hydrogens is 562 g/mol. The smallest absolute Gasteiger partial charge is 0.259 e. The molecule has 2 N–H and O–H groups in total. The maximum Gasteiger partial charge on any atom is 0.259 e. The molecule has 0 aliphatic carbocycles. The predicted molar refractivity (Wildman–Crippen MR) is 162 cm³/mol. The molecule has 3 aromatic rings. The van der Waals surface area contributed by atoms with Gasteiger partial charge < -0.3 is 15.4 Å². The first-order valence-electron chi connectivity index (χ1n) is 13.1. The molecule has 11 heteroatoms. The van der Waals surface area contributed by atoms with E-state index < -0.39 is 11.3 Å². The van der Waals surface area contributed by atoms with Gasteiger partial charge in [-0.3, -0.25) is 19.4 Å². The summed E-state index contributed by atoms with van der Waals surface area (Å²) in [6.07, 6.45) is 0.389. The molecular formula is C30H28ClN5O4S. The van der Waals surface area contributed by atoms with Crippen LogP contribution in [0, 0.1) is 0 Å². The molecule has 2 atom stereocenters. The molecule has 2 heterocycles. The number of methoxy groups -OCH3 is 1. The van der Waals surface area contributed by atoms with Gasteiger partial charge in [-0.2, -0.15) is 0 Å². The summed E-state index contributed by atoms with van der Waals surface area (Å²) in [6.45, 7) is 2.21. The topological polar surface area (TPSA) is 112 Å². The number of nitrogens with one attached hydrogen (secondary N) is 2. The van der Waals surface area contributed by atoms with E-state index in [0.29, 0.717) is 45.9 Å². The van der Waals surface area contributed by atoms with Gasteiger partial charge >= 0.3 is 0 Å². The second-order valence-electron chi connectivity index (χ2n) is 9.39. The number of para-hydroxylation sites is 1. The number of anilines is 1. The summed E-state index contributed by atoms with van der Waals surface area (Å²) in [5.74, 6) is 0.294. The molecule has 0 fully saturated rings. The van der Waals surface area contributed by atoms with E-state index in [0.717, 1.165) is 11.3 Å². The van der Waals surface area contributed by atoms with Gasteiger partial charge in [0.05, 0.1) is 24.5 Å². The van der Waals surface area contributed by atoms with Crippen LogP contribution in [0.1, 0.15) is 30.9 Å². The number of carbonyl (C=O) groups is 3. The monoisotopic (exact) mass is 589 g/mol. The minimum atomic E-state index is -0.902. The second kappa shape index (κ2) is 12.6. The number of amides is 3. The predicted octanol–water partition coefficient (Wildman–Crippen LogP) is 5.16. The zero-order valence-electron chi connectivity index (χ0n) is 22.5. The Morgan fingerprint density at radius 3 is 2.51 bits per heavy atom. The number of hydrogen-bond acceptors (Lipinski definition) is 7. The minimum absolute atomic E-state index is 0.108. The van der Waals surface area contributed by atoms with E-state index in [-0.39, 0.29) is 24.1 Å². The molecule has 41 heavy (non-hydrogen) atoms. The van der Waals surface area contributed by atoms with Crippen molar-refractivity contribution in [1.29, 1.82) is 0 Å². The quantitative estimate of drug-likeness (QED) is 0.358. The number of halogens is 1. The number of rotatable bonds is 9. The van der Waals surface area contributed by atoms with E-state index in [4.69, 9.17) is 21.3 Å². The Morgan fingerprint density at radius 1 is 1.07 bits per heavy atom. The molecule has 2 aliphatic rings. The summed E-state index contributed by atoms with van der Waals surface area (Å²) in [5, 5.41) is 6.16. The summed E-state index contributed by atoms with van der Waals surface area (Å²) in [6, 6.07) is 20.7. The van der Waals surface area contributed by atoms with E-state index in [9.17, 15) is 14.4 Å². The third kappa shape index (κ3) is 6.44. The lowest BCUT2D eigenvalue weighted by Crippen LogP contribution is -2.43. The summed E-state index contributed by atoms with van der Waals surface area (Å²) >= 11 is 7.16. The average Bonchev–Trinajstić information content (AvgIpc) is 3.32. The van der Waals surface area contributed by atoms with Gasteiger partial charge in [0.15, 0.2) is 5.17 Å². The first kappa shape index (κ1) is 28.4. The number of benzene rings is 3. The number of nitrogens with zero attached hydrogens (tertiary/aromatic N) is 3. The highest BCUT2D eigenvalue weighted by Crippen LogP contribution is 2.36. The molecule has 5 rings (SSSR count). The van der Waals surface area contributed by atoms with Crippen LogP contribution in [0.4, 0.5) is 11.4 Å². The van der Waals surface area contributed by atoms with Gasteiger partial charge in [0.25, 0.3) is 5.91 Å². The van der Waals surface area contributed by atoms with Crippen LogP contribution in [0.15, 0.2) is 82.8 Å². The maximum atomic E-state index is 13.6. The van der Waals surface area contributed by atoms with Crippen LogP contribution in [-0.4, -0.2) is 52.0 Å². The van der Waals surface area contributed by atoms with E-state index in [1.54, 1.807) is 31.4 Å². The Bertz CT molecular complexity index is 1520. The van der Waals surface area contributed by atoms with Crippen LogP contribution >= 0.6 is 23.4 Å². The Morgan fingerprint density at radius 2 is 1.80 bits per heavy atom. The Kier molecular flexibility index (Phi) is 8.70. The van der Waals surface area contributed by atoms with Gasteiger partial charge in [0, 0.05) is 22.8 Å². The highest BCUT2D eigenvalue weighted by Gasteiger charge is 2.43. The minimum Gasteiger partial charge on any atom is -0.497 e. The van der Waals surface area contributed by atoms with Crippen molar-refractivity contribution >= 4 is 63.5 Å². The highest BCUT2D eigenvalue weighted by atomic mass is 35.5. The standard InChI is InChI=1S/C30H28ClN5O4S/c1-3-25(28(38)33-20-12-10-19(31)11-13-20)41-30-35-23-7-5-4-6-22(23)27-34-24(29(39)36(27)30)16-26(37)32-17-18-8-14-21(40-2)15-9-18/h4-15,24-25H,3,16-17H2,1-2H3,(H,32,37)(H,33,38)/t24-,25-/m1/s1. The van der Waals surface area contributed by atoms with Crippen LogP contribution in [0.5, 0.6) is 5.75 Å². The molecule has 0 unspecified atom stereocenters. The van der Waals surface area contributed by atoms with E-state index in [2.05, 4.69) is 15.6 Å². The van der Waals surface area contributed by atoms with Crippen molar-refractivity contribution in [2.75, 3.05) is 12.4 Å². The SMILES string of the molecule is CC[C@@H](SC1=Nc2ccccc2C2=N[C@H](CC(=O)NCc3ccc(OC)cc3)C(=O)N12)C(=O)Nc1ccc(Cl)cc1. The summed E-state index contributed by atoms with van der Waals surface area (Å²) < 4.78 is 5.17. The van der Waals surface area contributed by atoms with Crippen molar-refractivity contribution in [3.8, 4) is 5.75 Å². The second-order valence-corrected chi connectivity index (χ2v) is 11.0. The summed E-state index contributed by atoms with van der Waals surface area (Å²) in [5.41, 5.74) is 2.87. The number of hydrogen-bond donors (Lipinski definition) is 2. The fourth-order valence-electron chi connectivity index (χ4n) is 4.41. The average molecular weight is 590 g/mol. The first-order chi connectivity index (χ1) is 19.9. The lowest BCUT2D eigenvalue weighted by Gasteiger charge is -2.27. The summed E-state index contributed by atoms with van der Waals surface area (Å²) in [7, 11) is 1.59. The number of fused-ring (bicyclic) bond motifs is 3. The fourth-order valence-corrected chi connectivity index (χ4v) is 5.56. The molecule has 9 nitrogen and oxygen atoms in total. The largest absolute Gasteiger partial charge is 0.497 e. The molecule has 0 saturated carbocycles. The Hall–Kier alpha value is -4.15. The molecule has 0 saturated heterocycles. The van der Waals surface area contributed by atoms with E-state index >= 15 is 0 Å². The number of thioether (sulfide) groups is 1. The molecule has 0 aromatic heterocycles. The molecule has 2 aliphatic heterocycles. The number of amidine groups is 2. The number of ether oxygens (including phenoxy) is 1. The number of carbonyl (C=O) groups excluding carboxylic acids is 3. The van der Waals surface area contributed by atoms with Crippen LogP contribution in [0.3, 0.4) is 0 Å². The Labute approximate surface area is 247 Å². The zero-order chi connectivity index (χ0) is 28.9.